The first-order valence-electron chi connectivity index (χ1n) is 8.84. The fourth-order valence-corrected chi connectivity index (χ4v) is 3.80. The molecule has 0 spiro atoms. The monoisotopic (exact) mass is 405 g/mol. The molecule has 0 unspecified atom stereocenters. The van der Waals surface area contributed by atoms with Crippen LogP contribution in [-0.4, -0.2) is 55.6 Å². The summed E-state index contributed by atoms with van der Waals surface area (Å²) in [4.78, 5) is 9.92. The van der Waals surface area contributed by atoms with Crippen LogP contribution < -0.4 is 5.32 Å². The summed E-state index contributed by atoms with van der Waals surface area (Å²) in [6, 6.07) is 17.0. The lowest BCUT2D eigenvalue weighted by Gasteiger charge is -2.30. The first kappa shape index (κ1) is 19.9. The quantitative estimate of drug-likeness (QED) is 0.710. The minimum absolute atomic E-state index is 0.201. The van der Waals surface area contributed by atoms with Gasteiger partial charge in [0.15, 0.2) is 0 Å². The Bertz CT molecular complexity index is 923. The fourth-order valence-electron chi connectivity index (χ4n) is 2.79. The first-order chi connectivity index (χ1) is 13.0. The molecule has 0 atom stereocenters. The van der Waals surface area contributed by atoms with E-state index in [0.717, 1.165) is 37.7 Å². The fraction of sp³-hybridized carbons (Fsp3) is 0.316. The molecule has 0 radical (unpaired) electrons. The summed E-state index contributed by atoms with van der Waals surface area (Å²) in [7, 11) is -3.66. The maximum atomic E-state index is 9.56. The number of amidine groups is 1. The minimum Gasteiger partial charge on any atom is -0.354 e. The van der Waals surface area contributed by atoms with E-state index in [-0.39, 0.29) is 5.75 Å². The predicted octanol–water partition coefficient (Wildman–Crippen LogP) is 3.03. The van der Waals surface area contributed by atoms with Crippen LogP contribution >= 0.6 is 11.8 Å². The number of hydrogen-bond acceptors (Lipinski definition) is 6. The number of nitrogens with zero attached hydrogens (tertiary/aromatic N) is 2. The van der Waals surface area contributed by atoms with Gasteiger partial charge < -0.3 is 10.2 Å². The first-order valence-corrected chi connectivity index (χ1v) is 11.3. The van der Waals surface area contributed by atoms with E-state index >= 15 is 0 Å². The van der Waals surface area contributed by atoms with Gasteiger partial charge in [-0.2, -0.15) is 8.42 Å². The van der Waals surface area contributed by atoms with Gasteiger partial charge in [0.05, 0.1) is 11.4 Å². The third-order valence-corrected chi connectivity index (χ3v) is 6.09. The molecule has 2 aromatic rings. The van der Waals surface area contributed by atoms with Crippen molar-refractivity contribution in [2.75, 3.05) is 31.9 Å². The number of aliphatic imine (C=N–C) groups is 1. The molecule has 8 heteroatoms. The van der Waals surface area contributed by atoms with Gasteiger partial charge in [-0.15, -0.1) is 0 Å². The topological polar surface area (TPSA) is 82.0 Å². The highest BCUT2D eigenvalue weighted by Crippen LogP contribution is 2.40. The lowest BCUT2D eigenvalue weighted by atomic mass is 10.1. The molecule has 1 saturated heterocycles. The second-order valence-electron chi connectivity index (χ2n) is 6.11. The third-order valence-electron chi connectivity index (χ3n) is 4.22. The molecule has 144 valence electrons. The lowest BCUT2D eigenvalue weighted by Crippen LogP contribution is -2.46. The molecular formula is C19H23N3O3S2. The van der Waals surface area contributed by atoms with E-state index in [2.05, 4.69) is 58.7 Å². The van der Waals surface area contributed by atoms with Crippen molar-refractivity contribution in [3.8, 4) is 0 Å². The molecule has 0 saturated carbocycles. The number of nitrogens with one attached hydrogen (secondary N) is 1. The van der Waals surface area contributed by atoms with E-state index < -0.39 is 10.1 Å². The summed E-state index contributed by atoms with van der Waals surface area (Å²) in [6.07, 6.45) is 0. The highest BCUT2D eigenvalue weighted by atomic mass is 32.2. The number of rotatable bonds is 1. The van der Waals surface area contributed by atoms with Crippen molar-refractivity contribution < 1.29 is 13.0 Å². The molecule has 4 rings (SSSR count). The van der Waals surface area contributed by atoms with Gasteiger partial charge in [0.2, 0.25) is 0 Å². The average molecular weight is 406 g/mol. The Labute approximate surface area is 164 Å². The normalized spacial score (nSPS) is 16.2. The second-order valence-corrected chi connectivity index (χ2v) is 8.93. The summed E-state index contributed by atoms with van der Waals surface area (Å²) in [5.41, 5.74) is 2.33. The molecule has 0 aliphatic carbocycles. The summed E-state index contributed by atoms with van der Waals surface area (Å²) in [5.74, 6) is 0.914. The van der Waals surface area contributed by atoms with Gasteiger partial charge in [-0.05, 0) is 25.1 Å². The van der Waals surface area contributed by atoms with Crippen molar-refractivity contribution in [3.63, 3.8) is 0 Å². The van der Waals surface area contributed by atoms with Crippen LogP contribution in [0.25, 0.3) is 0 Å². The zero-order chi connectivity index (χ0) is 19.3. The maximum Gasteiger partial charge on any atom is 0.264 e. The van der Waals surface area contributed by atoms with Gasteiger partial charge in [-0.3, -0.25) is 4.55 Å². The van der Waals surface area contributed by atoms with Crippen molar-refractivity contribution >= 4 is 33.4 Å². The van der Waals surface area contributed by atoms with E-state index in [1.165, 1.54) is 22.3 Å². The van der Waals surface area contributed by atoms with Gasteiger partial charge >= 0.3 is 0 Å². The molecule has 0 bridgehead atoms. The highest BCUT2D eigenvalue weighted by molar-refractivity contribution is 7.99. The van der Waals surface area contributed by atoms with Crippen molar-refractivity contribution in [2.24, 2.45) is 4.99 Å². The number of fused-ring (bicyclic) bond motifs is 2. The molecule has 2 N–H and O–H groups in total. The van der Waals surface area contributed by atoms with Crippen LogP contribution in [0.15, 0.2) is 63.3 Å². The molecule has 2 aliphatic rings. The number of para-hydroxylation sites is 1. The van der Waals surface area contributed by atoms with Gasteiger partial charge in [-0.25, -0.2) is 4.99 Å². The Balaban J connectivity index is 0.000000307. The SMILES string of the molecule is CCS(=O)(=O)O.c1ccc2c(c1)N=C(N1CCNCC1)c1ccccc1S2. The molecule has 27 heavy (non-hydrogen) atoms. The van der Waals surface area contributed by atoms with Gasteiger partial charge in [0, 0.05) is 41.5 Å². The van der Waals surface area contributed by atoms with Crippen molar-refractivity contribution in [1.82, 2.24) is 10.2 Å². The Kier molecular flexibility index (Phi) is 6.54. The average Bonchev–Trinajstić information content (AvgIpc) is 2.85. The van der Waals surface area contributed by atoms with Crippen LogP contribution in [0.5, 0.6) is 0 Å². The number of piperazine rings is 1. The molecule has 0 amide bonds. The Morgan fingerprint density at radius 3 is 2.33 bits per heavy atom. The van der Waals surface area contributed by atoms with Crippen molar-refractivity contribution in [3.05, 3.63) is 54.1 Å². The summed E-state index contributed by atoms with van der Waals surface area (Å²) >= 11 is 1.81. The van der Waals surface area contributed by atoms with Crippen LogP contribution in [0, 0.1) is 0 Å². The molecule has 2 heterocycles. The molecule has 1 fully saturated rings. The number of hydrogen-bond donors (Lipinski definition) is 2. The van der Waals surface area contributed by atoms with E-state index in [1.807, 2.05) is 11.8 Å². The minimum atomic E-state index is -3.66. The summed E-state index contributed by atoms with van der Waals surface area (Å²) in [5, 5.41) is 3.41. The van der Waals surface area contributed by atoms with E-state index in [1.54, 1.807) is 0 Å². The standard InChI is InChI=1S/C17H17N3S.C2H6O3S/c1-3-7-15-13(5-1)17(20-11-9-18-10-12-20)19-14-6-2-4-8-16(14)21-15;1-2-6(3,4)5/h1-8,18H,9-12H2;2H2,1H3,(H,3,4,5). The zero-order valence-electron chi connectivity index (χ0n) is 15.1. The van der Waals surface area contributed by atoms with Gasteiger partial charge in [0.1, 0.15) is 5.84 Å². The Morgan fingerprint density at radius 1 is 1.07 bits per heavy atom. The zero-order valence-corrected chi connectivity index (χ0v) is 16.8. The summed E-state index contributed by atoms with van der Waals surface area (Å²) in [6.45, 7) is 5.45. The van der Waals surface area contributed by atoms with Crippen LogP contribution in [0.3, 0.4) is 0 Å². The van der Waals surface area contributed by atoms with Gasteiger partial charge in [-0.1, -0.05) is 42.1 Å². The van der Waals surface area contributed by atoms with Crippen LogP contribution in [-0.2, 0) is 10.1 Å². The van der Waals surface area contributed by atoms with Crippen molar-refractivity contribution in [2.45, 2.75) is 16.7 Å². The molecule has 0 aromatic heterocycles. The van der Waals surface area contributed by atoms with E-state index in [4.69, 9.17) is 9.55 Å². The Hall–Kier alpha value is -1.87. The largest absolute Gasteiger partial charge is 0.354 e. The van der Waals surface area contributed by atoms with Crippen LogP contribution in [0.4, 0.5) is 5.69 Å². The maximum absolute atomic E-state index is 9.56. The highest BCUT2D eigenvalue weighted by Gasteiger charge is 2.22. The number of benzene rings is 2. The Morgan fingerprint density at radius 2 is 1.67 bits per heavy atom. The second kappa shape index (κ2) is 8.88. The van der Waals surface area contributed by atoms with Gasteiger partial charge in [0.25, 0.3) is 10.1 Å². The third kappa shape index (κ3) is 5.32. The van der Waals surface area contributed by atoms with E-state index in [9.17, 15) is 8.42 Å². The molecular weight excluding hydrogens is 382 g/mol. The molecule has 6 nitrogen and oxygen atoms in total. The smallest absolute Gasteiger partial charge is 0.264 e. The lowest BCUT2D eigenvalue weighted by molar-refractivity contribution is 0.358. The van der Waals surface area contributed by atoms with E-state index in [0.29, 0.717) is 0 Å². The molecule has 2 aliphatic heterocycles. The summed E-state index contributed by atoms with van der Waals surface area (Å²) < 4.78 is 26.9. The molecule has 2 aromatic carbocycles. The van der Waals surface area contributed by atoms with Crippen molar-refractivity contribution in [1.29, 1.82) is 0 Å². The van der Waals surface area contributed by atoms with Crippen LogP contribution in [0.2, 0.25) is 0 Å². The predicted molar refractivity (Wildman–Crippen MR) is 110 cm³/mol. The van der Waals surface area contributed by atoms with Crippen LogP contribution in [0.1, 0.15) is 12.5 Å².